The van der Waals surface area contributed by atoms with Gasteiger partial charge in [-0.25, -0.2) is 4.39 Å². The molecule has 1 N–H and O–H groups in total. The Hall–Kier alpha value is -3.28. The van der Waals surface area contributed by atoms with Gasteiger partial charge in [-0.3, -0.25) is 14.5 Å². The first kappa shape index (κ1) is 18.1. The van der Waals surface area contributed by atoms with E-state index >= 15 is 0 Å². The van der Waals surface area contributed by atoms with E-state index in [0.717, 1.165) is 47.5 Å². The van der Waals surface area contributed by atoms with E-state index in [2.05, 4.69) is 27.6 Å². The molecular formula is C22H21FN4O. The Balaban J connectivity index is 1.75. The summed E-state index contributed by atoms with van der Waals surface area (Å²) in [6.07, 6.45) is 6.31. The maximum atomic E-state index is 13.3. The molecule has 0 spiro atoms. The number of hydrogen-bond donors (Lipinski definition) is 1. The standard InChI is InChI=1S/C22H21FN4O/c1-2-22(28)25-14-16-13-24-20(15-6-8-17(23)9-7-15)12-19(16)21-11-18-5-3-4-10-27(18)26-21/h2,6-9,11-13H,1,3-5,10,14H2,(H,25,28). The van der Waals surface area contributed by atoms with Crippen molar-refractivity contribution in [2.75, 3.05) is 0 Å². The van der Waals surface area contributed by atoms with Crippen molar-refractivity contribution in [2.24, 2.45) is 0 Å². The maximum Gasteiger partial charge on any atom is 0.243 e. The van der Waals surface area contributed by atoms with Crippen LogP contribution in [0.25, 0.3) is 22.5 Å². The number of nitrogens with one attached hydrogen (secondary N) is 1. The van der Waals surface area contributed by atoms with Crippen LogP contribution in [0.5, 0.6) is 0 Å². The van der Waals surface area contributed by atoms with Crippen molar-refractivity contribution in [2.45, 2.75) is 32.4 Å². The second kappa shape index (κ2) is 7.76. The monoisotopic (exact) mass is 376 g/mol. The van der Waals surface area contributed by atoms with E-state index in [-0.39, 0.29) is 11.7 Å². The van der Waals surface area contributed by atoms with Gasteiger partial charge in [-0.15, -0.1) is 0 Å². The second-order valence-electron chi connectivity index (χ2n) is 6.86. The van der Waals surface area contributed by atoms with E-state index in [1.807, 2.05) is 6.07 Å². The Morgan fingerprint density at radius 2 is 2.04 bits per heavy atom. The first-order valence-corrected chi connectivity index (χ1v) is 9.36. The van der Waals surface area contributed by atoms with Crippen LogP contribution >= 0.6 is 0 Å². The number of benzene rings is 1. The lowest BCUT2D eigenvalue weighted by molar-refractivity contribution is -0.116. The molecule has 0 radical (unpaired) electrons. The van der Waals surface area contributed by atoms with Gasteiger partial charge in [0.25, 0.3) is 0 Å². The zero-order chi connectivity index (χ0) is 19.5. The summed E-state index contributed by atoms with van der Waals surface area (Å²) in [5.41, 5.74) is 5.44. The Labute approximate surface area is 162 Å². The molecule has 28 heavy (non-hydrogen) atoms. The van der Waals surface area contributed by atoms with Crippen molar-refractivity contribution in [1.82, 2.24) is 20.1 Å². The molecule has 1 aromatic carbocycles. The number of amides is 1. The van der Waals surface area contributed by atoms with Crippen molar-refractivity contribution in [3.05, 3.63) is 72.3 Å². The van der Waals surface area contributed by atoms with E-state index in [1.54, 1.807) is 18.3 Å². The smallest absolute Gasteiger partial charge is 0.243 e. The number of halogens is 1. The van der Waals surface area contributed by atoms with Crippen LogP contribution < -0.4 is 5.32 Å². The lowest BCUT2D eigenvalue weighted by Crippen LogP contribution is -2.20. The average molecular weight is 376 g/mol. The highest BCUT2D eigenvalue weighted by Crippen LogP contribution is 2.29. The van der Waals surface area contributed by atoms with Gasteiger partial charge in [-0.2, -0.15) is 5.10 Å². The minimum Gasteiger partial charge on any atom is -0.348 e. The summed E-state index contributed by atoms with van der Waals surface area (Å²) >= 11 is 0. The number of carbonyl (C=O) groups is 1. The fourth-order valence-corrected chi connectivity index (χ4v) is 3.45. The van der Waals surface area contributed by atoms with Crippen LogP contribution in [0.1, 0.15) is 24.1 Å². The van der Waals surface area contributed by atoms with Gasteiger partial charge >= 0.3 is 0 Å². The summed E-state index contributed by atoms with van der Waals surface area (Å²) in [5, 5.41) is 7.58. The summed E-state index contributed by atoms with van der Waals surface area (Å²) in [4.78, 5) is 16.1. The van der Waals surface area contributed by atoms with Gasteiger partial charge in [-0.05, 0) is 67.3 Å². The summed E-state index contributed by atoms with van der Waals surface area (Å²) in [7, 11) is 0. The predicted molar refractivity (Wildman–Crippen MR) is 106 cm³/mol. The van der Waals surface area contributed by atoms with Crippen molar-refractivity contribution in [3.8, 4) is 22.5 Å². The molecule has 2 aromatic heterocycles. The minimum absolute atomic E-state index is 0.238. The van der Waals surface area contributed by atoms with Crippen molar-refractivity contribution >= 4 is 5.91 Å². The van der Waals surface area contributed by atoms with E-state index < -0.39 is 0 Å². The van der Waals surface area contributed by atoms with Crippen LogP contribution in [0.2, 0.25) is 0 Å². The lowest BCUT2D eigenvalue weighted by Gasteiger charge is -2.12. The van der Waals surface area contributed by atoms with Crippen molar-refractivity contribution in [1.29, 1.82) is 0 Å². The molecular weight excluding hydrogens is 355 g/mol. The first-order chi connectivity index (χ1) is 13.6. The molecule has 0 fully saturated rings. The number of aromatic nitrogens is 3. The maximum absolute atomic E-state index is 13.3. The van der Waals surface area contributed by atoms with Gasteiger partial charge in [0.15, 0.2) is 0 Å². The van der Waals surface area contributed by atoms with Gasteiger partial charge < -0.3 is 5.32 Å². The number of pyridine rings is 1. The lowest BCUT2D eigenvalue weighted by atomic mass is 10.0. The molecule has 3 aromatic rings. The Morgan fingerprint density at radius 1 is 1.21 bits per heavy atom. The molecule has 0 saturated carbocycles. The topological polar surface area (TPSA) is 59.8 Å². The minimum atomic E-state index is -0.283. The fourth-order valence-electron chi connectivity index (χ4n) is 3.45. The Morgan fingerprint density at radius 3 is 2.79 bits per heavy atom. The summed E-state index contributed by atoms with van der Waals surface area (Å²) in [6, 6.07) is 10.3. The largest absolute Gasteiger partial charge is 0.348 e. The Bertz CT molecular complexity index is 1000. The zero-order valence-electron chi connectivity index (χ0n) is 15.5. The van der Waals surface area contributed by atoms with Gasteiger partial charge in [0, 0.05) is 36.1 Å². The highest BCUT2D eigenvalue weighted by molar-refractivity contribution is 5.87. The number of rotatable bonds is 5. The third kappa shape index (κ3) is 3.71. The second-order valence-corrected chi connectivity index (χ2v) is 6.86. The van der Waals surface area contributed by atoms with E-state index in [0.29, 0.717) is 6.54 Å². The molecule has 1 aliphatic rings. The average Bonchev–Trinajstić information content (AvgIpc) is 3.16. The van der Waals surface area contributed by atoms with Crippen molar-refractivity contribution in [3.63, 3.8) is 0 Å². The molecule has 4 rings (SSSR count). The van der Waals surface area contributed by atoms with E-state index in [9.17, 15) is 9.18 Å². The van der Waals surface area contributed by atoms with Gasteiger partial charge in [-0.1, -0.05) is 6.58 Å². The SMILES string of the molecule is C=CC(=O)NCc1cnc(-c2ccc(F)cc2)cc1-c1cc2n(n1)CCCC2. The first-order valence-electron chi connectivity index (χ1n) is 9.36. The molecule has 0 saturated heterocycles. The Kier molecular flexibility index (Phi) is 5.02. The van der Waals surface area contributed by atoms with Crippen LogP contribution in [-0.2, 0) is 24.3 Å². The molecule has 0 unspecified atom stereocenters. The highest BCUT2D eigenvalue weighted by atomic mass is 19.1. The summed E-state index contributed by atoms with van der Waals surface area (Å²) < 4.78 is 15.3. The molecule has 1 aliphatic heterocycles. The molecule has 0 atom stereocenters. The summed E-state index contributed by atoms with van der Waals surface area (Å²) in [5.74, 6) is -0.521. The highest BCUT2D eigenvalue weighted by Gasteiger charge is 2.17. The van der Waals surface area contributed by atoms with Crippen molar-refractivity contribution < 1.29 is 9.18 Å². The van der Waals surface area contributed by atoms with Crippen LogP contribution in [0.4, 0.5) is 4.39 Å². The molecule has 5 nitrogen and oxygen atoms in total. The molecule has 6 heteroatoms. The molecule has 142 valence electrons. The number of aryl methyl sites for hydroxylation is 2. The molecule has 1 amide bonds. The van der Waals surface area contributed by atoms with Crippen LogP contribution in [0.15, 0.2) is 55.3 Å². The quantitative estimate of drug-likeness (QED) is 0.687. The third-order valence-electron chi connectivity index (χ3n) is 4.96. The third-order valence-corrected chi connectivity index (χ3v) is 4.96. The van der Waals surface area contributed by atoms with E-state index in [4.69, 9.17) is 5.10 Å². The van der Waals surface area contributed by atoms with Gasteiger partial charge in [0.1, 0.15) is 5.82 Å². The van der Waals surface area contributed by atoms with Gasteiger partial charge in [0.05, 0.1) is 11.4 Å². The zero-order valence-corrected chi connectivity index (χ0v) is 15.5. The summed E-state index contributed by atoms with van der Waals surface area (Å²) in [6.45, 7) is 4.74. The fraction of sp³-hybridized carbons (Fsp3) is 0.227. The van der Waals surface area contributed by atoms with Crippen LogP contribution in [-0.4, -0.2) is 20.7 Å². The molecule has 0 aliphatic carbocycles. The van der Waals surface area contributed by atoms with Gasteiger partial charge in [0.2, 0.25) is 5.91 Å². The number of fused-ring (bicyclic) bond motifs is 1. The van der Waals surface area contributed by atoms with Crippen LogP contribution in [0, 0.1) is 5.82 Å². The normalized spacial score (nSPS) is 13.0. The number of nitrogens with zero attached hydrogens (tertiary/aromatic N) is 3. The number of hydrogen-bond acceptors (Lipinski definition) is 3. The molecule has 3 heterocycles. The predicted octanol–water partition coefficient (Wildman–Crippen LogP) is 3.89. The molecule has 0 bridgehead atoms. The van der Waals surface area contributed by atoms with E-state index in [1.165, 1.54) is 30.3 Å². The number of carbonyl (C=O) groups excluding carboxylic acids is 1. The van der Waals surface area contributed by atoms with Crippen LogP contribution in [0.3, 0.4) is 0 Å².